The minimum atomic E-state index is 0. The summed E-state index contributed by atoms with van der Waals surface area (Å²) in [5.41, 5.74) is 4.54. The fourth-order valence-corrected chi connectivity index (χ4v) is 3.01. The number of piperazine rings is 1. The van der Waals surface area contributed by atoms with Crippen molar-refractivity contribution in [2.24, 2.45) is 0 Å². The number of anilines is 1. The first-order valence-corrected chi connectivity index (χ1v) is 8.07. The molecular weight excluding hydrogens is 320 g/mol. The Bertz CT molecular complexity index is 817. The van der Waals surface area contributed by atoms with Crippen molar-refractivity contribution in [1.29, 1.82) is 0 Å². The Morgan fingerprint density at radius 2 is 1.67 bits per heavy atom. The van der Waals surface area contributed by atoms with E-state index in [9.17, 15) is 0 Å². The second kappa shape index (κ2) is 7.51. The molecule has 0 bridgehead atoms. The van der Waals surface area contributed by atoms with Gasteiger partial charge in [0.25, 0.3) is 0 Å². The molecule has 2 heterocycles. The predicted octanol–water partition coefficient (Wildman–Crippen LogP) is 3.56. The molecule has 1 saturated heterocycles. The van der Waals surface area contributed by atoms with E-state index in [0.717, 1.165) is 42.8 Å². The van der Waals surface area contributed by atoms with E-state index in [1.54, 1.807) is 0 Å². The Kier molecular flexibility index (Phi) is 5.18. The van der Waals surface area contributed by atoms with E-state index >= 15 is 0 Å². The summed E-state index contributed by atoms with van der Waals surface area (Å²) in [6.45, 7) is 4.28. The van der Waals surface area contributed by atoms with Gasteiger partial charge in [0.2, 0.25) is 0 Å². The minimum absolute atomic E-state index is 0. The van der Waals surface area contributed by atoms with Crippen LogP contribution in [0, 0.1) is 0 Å². The lowest BCUT2D eigenvalue weighted by Crippen LogP contribution is -2.43. The fraction of sp³-hybridized carbons (Fsp3) is 0.211. The molecule has 124 valence electrons. The number of hydrogen-bond acceptors (Lipinski definition) is 3. The van der Waals surface area contributed by atoms with Gasteiger partial charge in [-0.3, -0.25) is 5.10 Å². The number of para-hydroxylation sites is 1. The van der Waals surface area contributed by atoms with Gasteiger partial charge < -0.3 is 10.2 Å². The van der Waals surface area contributed by atoms with Crippen molar-refractivity contribution in [2.75, 3.05) is 31.1 Å². The third-order valence-corrected chi connectivity index (χ3v) is 4.31. The van der Waals surface area contributed by atoms with Crippen molar-refractivity contribution in [2.45, 2.75) is 0 Å². The third kappa shape index (κ3) is 3.45. The Balaban J connectivity index is 0.00000169. The van der Waals surface area contributed by atoms with Crippen molar-refractivity contribution in [3.05, 3.63) is 59.8 Å². The maximum Gasteiger partial charge on any atom is 0.0927 e. The highest BCUT2D eigenvalue weighted by molar-refractivity contribution is 5.89. The molecule has 1 fully saturated rings. The molecule has 2 aromatic carbocycles. The lowest BCUT2D eigenvalue weighted by Gasteiger charge is -2.29. The number of nitrogens with zero attached hydrogens (tertiary/aromatic N) is 2. The number of hydrogen-bond donors (Lipinski definition) is 2. The molecule has 0 radical (unpaired) electrons. The van der Waals surface area contributed by atoms with E-state index in [2.05, 4.69) is 62.9 Å². The molecule has 1 aromatic heterocycles. The summed E-state index contributed by atoms with van der Waals surface area (Å²) in [6, 6.07) is 16.9. The molecule has 2 N–H and O–H groups in total. The molecule has 1 aliphatic rings. The molecule has 0 spiro atoms. The number of aromatic amines is 1. The van der Waals surface area contributed by atoms with Crippen LogP contribution in [0.15, 0.2) is 48.5 Å². The number of aromatic nitrogens is 2. The van der Waals surface area contributed by atoms with Crippen LogP contribution in [-0.2, 0) is 0 Å². The van der Waals surface area contributed by atoms with Gasteiger partial charge in [0.1, 0.15) is 0 Å². The molecule has 0 atom stereocenters. The van der Waals surface area contributed by atoms with Gasteiger partial charge >= 0.3 is 0 Å². The summed E-state index contributed by atoms with van der Waals surface area (Å²) >= 11 is 0. The summed E-state index contributed by atoms with van der Waals surface area (Å²) in [6.07, 6.45) is 4.18. The summed E-state index contributed by atoms with van der Waals surface area (Å²) in [5.74, 6) is 0. The molecule has 0 amide bonds. The average molecular weight is 341 g/mol. The van der Waals surface area contributed by atoms with Crippen LogP contribution in [0.1, 0.15) is 11.3 Å². The summed E-state index contributed by atoms with van der Waals surface area (Å²) in [4.78, 5) is 2.42. The van der Waals surface area contributed by atoms with Gasteiger partial charge in [-0.1, -0.05) is 36.4 Å². The van der Waals surface area contributed by atoms with Gasteiger partial charge in [0, 0.05) is 37.3 Å². The zero-order chi connectivity index (χ0) is 15.5. The van der Waals surface area contributed by atoms with E-state index < -0.39 is 0 Å². The monoisotopic (exact) mass is 340 g/mol. The largest absolute Gasteiger partial charge is 0.369 e. The smallest absolute Gasteiger partial charge is 0.0927 e. The molecule has 24 heavy (non-hydrogen) atoms. The molecule has 4 nitrogen and oxygen atoms in total. The predicted molar refractivity (Wildman–Crippen MR) is 104 cm³/mol. The van der Waals surface area contributed by atoms with Crippen molar-refractivity contribution < 1.29 is 0 Å². The van der Waals surface area contributed by atoms with Crippen molar-refractivity contribution >= 4 is 41.1 Å². The van der Waals surface area contributed by atoms with E-state index in [4.69, 9.17) is 0 Å². The number of H-pyrrole nitrogens is 1. The van der Waals surface area contributed by atoms with Crippen molar-refractivity contribution in [1.82, 2.24) is 15.5 Å². The lowest BCUT2D eigenvalue weighted by molar-refractivity contribution is 0.589. The SMILES string of the molecule is C(=Cc1n[nH]c2ccccc12)c1ccc(N2CCNCC2)cc1.Cl. The van der Waals surface area contributed by atoms with Gasteiger partial charge in [-0.15, -0.1) is 12.4 Å². The zero-order valence-corrected chi connectivity index (χ0v) is 14.2. The third-order valence-electron chi connectivity index (χ3n) is 4.31. The van der Waals surface area contributed by atoms with E-state index in [1.807, 2.05) is 18.2 Å². The highest BCUT2D eigenvalue weighted by atomic mass is 35.5. The van der Waals surface area contributed by atoms with Gasteiger partial charge in [-0.25, -0.2) is 0 Å². The van der Waals surface area contributed by atoms with Crippen LogP contribution in [0.2, 0.25) is 0 Å². The van der Waals surface area contributed by atoms with Crippen LogP contribution in [0.4, 0.5) is 5.69 Å². The number of halogens is 1. The minimum Gasteiger partial charge on any atom is -0.369 e. The quantitative estimate of drug-likeness (QED) is 0.766. The Morgan fingerprint density at radius 3 is 2.46 bits per heavy atom. The van der Waals surface area contributed by atoms with Gasteiger partial charge in [-0.05, 0) is 29.8 Å². The summed E-state index contributed by atoms with van der Waals surface area (Å²) in [7, 11) is 0. The van der Waals surface area contributed by atoms with Crippen LogP contribution >= 0.6 is 12.4 Å². The second-order valence-electron chi connectivity index (χ2n) is 5.82. The molecule has 3 aromatic rings. The number of fused-ring (bicyclic) bond motifs is 1. The first-order chi connectivity index (χ1) is 11.4. The van der Waals surface area contributed by atoms with Crippen LogP contribution < -0.4 is 10.2 Å². The summed E-state index contributed by atoms with van der Waals surface area (Å²) < 4.78 is 0. The van der Waals surface area contributed by atoms with E-state index in [-0.39, 0.29) is 12.4 Å². The highest BCUT2D eigenvalue weighted by Gasteiger charge is 2.09. The molecule has 0 aliphatic carbocycles. The fourth-order valence-electron chi connectivity index (χ4n) is 3.01. The van der Waals surface area contributed by atoms with Gasteiger partial charge in [0.05, 0.1) is 11.2 Å². The maximum atomic E-state index is 4.37. The van der Waals surface area contributed by atoms with E-state index in [1.165, 1.54) is 11.3 Å². The standard InChI is InChI=1S/C19H20N4.ClH/c1-2-4-18-17(3-1)19(22-21-18)10-7-15-5-8-16(9-6-15)23-13-11-20-12-14-23;/h1-10,20H,11-14H2,(H,21,22);1H. The van der Waals surface area contributed by atoms with Crippen molar-refractivity contribution in [3.8, 4) is 0 Å². The molecule has 0 saturated carbocycles. The van der Waals surface area contributed by atoms with Crippen LogP contribution in [0.25, 0.3) is 23.1 Å². The number of benzene rings is 2. The first kappa shape index (κ1) is 16.6. The number of rotatable bonds is 3. The average Bonchev–Trinajstić information content (AvgIpc) is 3.04. The molecule has 5 heteroatoms. The Hall–Kier alpha value is -2.30. The highest BCUT2D eigenvalue weighted by Crippen LogP contribution is 2.19. The van der Waals surface area contributed by atoms with Crippen LogP contribution in [0.5, 0.6) is 0 Å². The van der Waals surface area contributed by atoms with Gasteiger partial charge in [0.15, 0.2) is 0 Å². The maximum absolute atomic E-state index is 4.37. The van der Waals surface area contributed by atoms with Gasteiger partial charge in [-0.2, -0.15) is 5.10 Å². The normalized spacial score (nSPS) is 14.9. The second-order valence-corrected chi connectivity index (χ2v) is 5.82. The van der Waals surface area contributed by atoms with E-state index in [0.29, 0.717) is 0 Å². The Morgan fingerprint density at radius 1 is 0.917 bits per heavy atom. The number of nitrogens with one attached hydrogen (secondary N) is 2. The zero-order valence-electron chi connectivity index (χ0n) is 13.4. The topological polar surface area (TPSA) is 44.0 Å². The van der Waals surface area contributed by atoms with Crippen LogP contribution in [-0.4, -0.2) is 36.4 Å². The van der Waals surface area contributed by atoms with Crippen molar-refractivity contribution in [3.63, 3.8) is 0 Å². The molecular formula is C19H21ClN4. The lowest BCUT2D eigenvalue weighted by atomic mass is 10.1. The Labute approximate surface area is 148 Å². The molecule has 1 aliphatic heterocycles. The van der Waals surface area contributed by atoms with Crippen LogP contribution in [0.3, 0.4) is 0 Å². The summed E-state index contributed by atoms with van der Waals surface area (Å²) in [5, 5.41) is 12.0. The molecule has 4 rings (SSSR count). The first-order valence-electron chi connectivity index (χ1n) is 8.07. The molecule has 0 unspecified atom stereocenters.